The van der Waals surface area contributed by atoms with Crippen LogP contribution < -0.4 is 0 Å². The largest absolute Gasteiger partial charge is 0.389 e. The molecular formula is C20H26O3. The molecule has 0 unspecified atom stereocenters. The maximum Gasteiger partial charge on any atom is 0.169 e. The Balaban J connectivity index is 1.81. The first kappa shape index (κ1) is 15.4. The molecule has 3 nitrogen and oxygen atoms in total. The van der Waals surface area contributed by atoms with Crippen molar-refractivity contribution in [1.29, 1.82) is 0 Å². The van der Waals surface area contributed by atoms with Crippen molar-refractivity contribution in [2.45, 2.75) is 45.5 Å². The normalized spacial score (nSPS) is 37.7. The number of fused-ring (bicyclic) bond motifs is 1. The number of aliphatic hydroxyl groups is 1. The van der Waals surface area contributed by atoms with E-state index >= 15 is 0 Å². The molecule has 4 rings (SSSR count). The molecule has 3 atom stereocenters. The van der Waals surface area contributed by atoms with E-state index < -0.39 is 11.9 Å². The van der Waals surface area contributed by atoms with Crippen LogP contribution in [0.15, 0.2) is 36.4 Å². The SMILES string of the molecule is CC1(C)CC2(C[C@@]3(C)C(c4ccccc4)=C[C@H](O)[C@@H]13)OCCO2. The topological polar surface area (TPSA) is 38.7 Å². The van der Waals surface area contributed by atoms with E-state index in [9.17, 15) is 5.11 Å². The van der Waals surface area contributed by atoms with Gasteiger partial charge in [0.2, 0.25) is 0 Å². The molecule has 1 saturated heterocycles. The van der Waals surface area contributed by atoms with Crippen molar-refractivity contribution >= 4 is 5.57 Å². The Morgan fingerprint density at radius 3 is 2.30 bits per heavy atom. The fourth-order valence-electron chi connectivity index (χ4n) is 5.70. The fraction of sp³-hybridized carbons (Fsp3) is 0.600. The van der Waals surface area contributed by atoms with Gasteiger partial charge in [-0.05, 0) is 16.6 Å². The highest BCUT2D eigenvalue weighted by molar-refractivity contribution is 5.74. The quantitative estimate of drug-likeness (QED) is 0.860. The molecular weight excluding hydrogens is 288 g/mol. The summed E-state index contributed by atoms with van der Waals surface area (Å²) in [4.78, 5) is 0. The van der Waals surface area contributed by atoms with Crippen LogP contribution in [0.5, 0.6) is 0 Å². The maximum atomic E-state index is 10.8. The summed E-state index contributed by atoms with van der Waals surface area (Å²) >= 11 is 0. The number of hydrogen-bond acceptors (Lipinski definition) is 3. The first-order valence-corrected chi connectivity index (χ1v) is 8.60. The van der Waals surface area contributed by atoms with Crippen LogP contribution >= 0.6 is 0 Å². The van der Waals surface area contributed by atoms with Crippen molar-refractivity contribution in [3.63, 3.8) is 0 Å². The first-order valence-electron chi connectivity index (χ1n) is 8.60. The van der Waals surface area contributed by atoms with Gasteiger partial charge in [-0.15, -0.1) is 0 Å². The Labute approximate surface area is 138 Å². The average Bonchev–Trinajstić information content (AvgIpc) is 3.01. The van der Waals surface area contributed by atoms with Crippen LogP contribution in [-0.4, -0.2) is 30.2 Å². The van der Waals surface area contributed by atoms with E-state index in [0.717, 1.165) is 12.8 Å². The second-order valence-corrected chi connectivity index (χ2v) is 8.28. The van der Waals surface area contributed by atoms with Crippen LogP contribution in [0.3, 0.4) is 0 Å². The van der Waals surface area contributed by atoms with Crippen molar-refractivity contribution in [2.24, 2.45) is 16.7 Å². The Kier molecular flexibility index (Phi) is 3.29. The lowest BCUT2D eigenvalue weighted by Crippen LogP contribution is -2.55. The molecule has 2 fully saturated rings. The third-order valence-corrected chi connectivity index (χ3v) is 6.08. The van der Waals surface area contributed by atoms with E-state index in [1.165, 1.54) is 11.1 Å². The number of aliphatic hydroxyl groups excluding tert-OH is 1. The predicted molar refractivity (Wildman–Crippen MR) is 89.7 cm³/mol. The smallest absolute Gasteiger partial charge is 0.169 e. The van der Waals surface area contributed by atoms with E-state index in [1.807, 2.05) is 6.07 Å². The first-order chi connectivity index (χ1) is 10.9. The maximum absolute atomic E-state index is 10.8. The fourth-order valence-corrected chi connectivity index (χ4v) is 5.70. The second-order valence-electron chi connectivity index (χ2n) is 8.28. The lowest BCUT2D eigenvalue weighted by molar-refractivity contribution is -0.237. The second kappa shape index (κ2) is 4.92. The van der Waals surface area contributed by atoms with Gasteiger partial charge in [0.1, 0.15) is 0 Å². The van der Waals surface area contributed by atoms with Gasteiger partial charge in [-0.25, -0.2) is 0 Å². The molecule has 23 heavy (non-hydrogen) atoms. The van der Waals surface area contributed by atoms with E-state index in [0.29, 0.717) is 13.2 Å². The van der Waals surface area contributed by atoms with Crippen molar-refractivity contribution in [3.05, 3.63) is 42.0 Å². The highest BCUT2D eigenvalue weighted by atomic mass is 16.7. The van der Waals surface area contributed by atoms with Crippen LogP contribution in [0.2, 0.25) is 0 Å². The van der Waals surface area contributed by atoms with Gasteiger partial charge >= 0.3 is 0 Å². The van der Waals surface area contributed by atoms with Crippen LogP contribution in [0, 0.1) is 16.7 Å². The summed E-state index contributed by atoms with van der Waals surface area (Å²) in [5.41, 5.74) is 2.24. The predicted octanol–water partition coefficient (Wildman–Crippen LogP) is 3.63. The number of rotatable bonds is 1. The van der Waals surface area contributed by atoms with Crippen LogP contribution in [-0.2, 0) is 9.47 Å². The molecule has 2 aliphatic carbocycles. The third-order valence-electron chi connectivity index (χ3n) is 6.08. The number of benzene rings is 1. The van der Waals surface area contributed by atoms with Crippen molar-refractivity contribution < 1.29 is 14.6 Å². The van der Waals surface area contributed by atoms with Gasteiger partial charge in [0.05, 0.1) is 19.3 Å². The zero-order valence-electron chi connectivity index (χ0n) is 14.2. The molecule has 3 aliphatic rings. The Hall–Kier alpha value is -1.16. The minimum atomic E-state index is -0.493. The monoisotopic (exact) mass is 314 g/mol. The standard InChI is InChI=1S/C20H26O3/c1-18(2)12-20(22-9-10-23-20)13-19(3)15(11-16(21)17(18)19)14-7-5-4-6-8-14/h4-8,11,16-17,21H,9-10,12-13H2,1-3H3/t16-,17-,19-/m0/s1. The zero-order valence-corrected chi connectivity index (χ0v) is 14.2. The van der Waals surface area contributed by atoms with Crippen molar-refractivity contribution in [3.8, 4) is 0 Å². The lowest BCUT2D eigenvalue weighted by atomic mass is 9.53. The molecule has 3 heteroatoms. The minimum absolute atomic E-state index is 0.0518. The Morgan fingerprint density at radius 1 is 1.00 bits per heavy atom. The van der Waals surface area contributed by atoms with Crippen LogP contribution in [0.1, 0.15) is 39.2 Å². The van der Waals surface area contributed by atoms with Gasteiger partial charge in [0.25, 0.3) is 0 Å². The summed E-state index contributed by atoms with van der Waals surface area (Å²) in [6, 6.07) is 10.4. The van der Waals surface area contributed by atoms with Crippen molar-refractivity contribution in [2.75, 3.05) is 13.2 Å². The number of allylic oxidation sites excluding steroid dienone is 1. The summed E-state index contributed by atoms with van der Waals surface area (Å²) < 4.78 is 12.2. The molecule has 1 heterocycles. The summed E-state index contributed by atoms with van der Waals surface area (Å²) in [6.45, 7) is 8.10. The lowest BCUT2D eigenvalue weighted by Gasteiger charge is -2.55. The van der Waals surface area contributed by atoms with Gasteiger partial charge in [-0.3, -0.25) is 0 Å². The molecule has 1 N–H and O–H groups in total. The van der Waals surface area contributed by atoms with Gasteiger partial charge < -0.3 is 14.6 Å². The Bertz CT molecular complexity index is 628. The molecule has 0 amide bonds. The Morgan fingerprint density at radius 2 is 1.65 bits per heavy atom. The molecule has 1 spiro atoms. The zero-order chi connectivity index (χ0) is 16.3. The van der Waals surface area contributed by atoms with E-state index in [1.54, 1.807) is 0 Å². The summed E-state index contributed by atoms with van der Waals surface area (Å²) in [5, 5.41) is 10.8. The van der Waals surface area contributed by atoms with Crippen LogP contribution in [0.25, 0.3) is 5.57 Å². The van der Waals surface area contributed by atoms with E-state index in [4.69, 9.17) is 9.47 Å². The highest BCUT2D eigenvalue weighted by Gasteiger charge is 2.63. The van der Waals surface area contributed by atoms with Gasteiger partial charge in [-0.2, -0.15) is 0 Å². The van der Waals surface area contributed by atoms with Crippen LogP contribution in [0.4, 0.5) is 0 Å². The van der Waals surface area contributed by atoms with Gasteiger partial charge in [0.15, 0.2) is 5.79 Å². The minimum Gasteiger partial charge on any atom is -0.389 e. The average molecular weight is 314 g/mol. The van der Waals surface area contributed by atoms with Gasteiger partial charge in [0, 0.05) is 24.2 Å². The molecule has 1 aromatic carbocycles. The number of hydrogen-bond donors (Lipinski definition) is 1. The highest BCUT2D eigenvalue weighted by Crippen LogP contribution is 2.65. The van der Waals surface area contributed by atoms with E-state index in [2.05, 4.69) is 51.1 Å². The molecule has 0 aromatic heterocycles. The summed E-state index contributed by atoms with van der Waals surface area (Å²) in [5.74, 6) is -0.309. The van der Waals surface area contributed by atoms with Crippen molar-refractivity contribution in [1.82, 2.24) is 0 Å². The molecule has 0 bridgehead atoms. The summed E-state index contributed by atoms with van der Waals surface area (Å²) in [6.07, 6.45) is 3.30. The van der Waals surface area contributed by atoms with Gasteiger partial charge in [-0.1, -0.05) is 57.2 Å². The molecule has 1 aliphatic heterocycles. The summed E-state index contributed by atoms with van der Waals surface area (Å²) in [7, 11) is 0. The molecule has 1 saturated carbocycles. The number of ether oxygens (including phenoxy) is 2. The van der Waals surface area contributed by atoms with E-state index in [-0.39, 0.29) is 16.7 Å². The molecule has 0 radical (unpaired) electrons. The third kappa shape index (κ3) is 2.21. The molecule has 1 aromatic rings. The molecule has 124 valence electrons.